The van der Waals surface area contributed by atoms with E-state index in [1.165, 1.54) is 5.56 Å². The van der Waals surface area contributed by atoms with E-state index >= 15 is 0 Å². The topological polar surface area (TPSA) is 53.3 Å². The number of ether oxygens (including phenoxy) is 1. The van der Waals surface area contributed by atoms with Gasteiger partial charge in [0.1, 0.15) is 5.75 Å². The number of hydrogen-bond donors (Lipinski definition) is 0. The number of carbonyl (C=O) groups excluding carboxylic acids is 1. The van der Waals surface area contributed by atoms with Crippen molar-refractivity contribution in [3.63, 3.8) is 0 Å². The fourth-order valence-electron chi connectivity index (χ4n) is 2.39. The Morgan fingerprint density at radius 2 is 1.83 bits per heavy atom. The van der Waals surface area contributed by atoms with E-state index in [2.05, 4.69) is 6.07 Å². The molecule has 0 heterocycles. The fourth-order valence-corrected chi connectivity index (χ4v) is 2.39. The maximum absolute atomic E-state index is 12.6. The average Bonchev–Trinajstić information content (AvgIpc) is 2.57. The van der Waals surface area contributed by atoms with Crippen molar-refractivity contribution in [3.8, 4) is 11.8 Å². The second-order valence-corrected chi connectivity index (χ2v) is 5.78. The number of hydrogen-bond acceptors (Lipinski definition) is 3. The zero-order valence-electron chi connectivity index (χ0n) is 14.4. The highest BCUT2D eigenvalue weighted by molar-refractivity contribution is 5.94. The number of carbonyl (C=O) groups is 1. The van der Waals surface area contributed by atoms with Crippen LogP contribution in [0.2, 0.25) is 0 Å². The Morgan fingerprint density at radius 1 is 1.08 bits per heavy atom. The number of aryl methyl sites for hydroxylation is 3. The van der Waals surface area contributed by atoms with Crippen LogP contribution in [0.3, 0.4) is 0 Å². The van der Waals surface area contributed by atoms with Crippen molar-refractivity contribution in [1.82, 2.24) is 0 Å². The highest BCUT2D eigenvalue weighted by atomic mass is 16.5. The van der Waals surface area contributed by atoms with Crippen molar-refractivity contribution in [1.29, 1.82) is 5.26 Å². The standard InChI is InChI=1S/C20H22N2O2/c1-15-9-10-18(13-17(15)3)22(12-6-11-21)20(23)14-24-19-8-5-4-7-16(19)2/h4-5,7-10,13H,6,12,14H2,1-3H3. The predicted octanol–water partition coefficient (Wildman–Crippen LogP) is 3.94. The average molecular weight is 322 g/mol. The van der Waals surface area contributed by atoms with E-state index in [-0.39, 0.29) is 18.9 Å². The van der Waals surface area contributed by atoms with Crippen molar-refractivity contribution >= 4 is 11.6 Å². The minimum atomic E-state index is -0.156. The van der Waals surface area contributed by atoms with E-state index in [0.29, 0.717) is 12.3 Å². The number of nitrogens with zero attached hydrogens (tertiary/aromatic N) is 2. The quantitative estimate of drug-likeness (QED) is 0.809. The Hall–Kier alpha value is -2.80. The molecule has 0 atom stereocenters. The van der Waals surface area contributed by atoms with Gasteiger partial charge in [-0.15, -0.1) is 0 Å². The molecule has 0 bridgehead atoms. The molecule has 4 nitrogen and oxygen atoms in total. The van der Waals surface area contributed by atoms with Gasteiger partial charge in [-0.3, -0.25) is 4.79 Å². The molecular weight excluding hydrogens is 300 g/mol. The summed E-state index contributed by atoms with van der Waals surface area (Å²) in [6, 6.07) is 15.6. The van der Waals surface area contributed by atoms with Gasteiger partial charge in [-0.05, 0) is 55.7 Å². The normalized spacial score (nSPS) is 10.1. The molecule has 0 N–H and O–H groups in total. The number of para-hydroxylation sites is 1. The molecule has 2 aromatic carbocycles. The van der Waals surface area contributed by atoms with Crippen LogP contribution in [0.15, 0.2) is 42.5 Å². The number of rotatable bonds is 6. The van der Waals surface area contributed by atoms with Crippen LogP contribution in [0.1, 0.15) is 23.1 Å². The number of anilines is 1. The van der Waals surface area contributed by atoms with E-state index < -0.39 is 0 Å². The monoisotopic (exact) mass is 322 g/mol. The van der Waals surface area contributed by atoms with Crippen LogP contribution in [0.25, 0.3) is 0 Å². The van der Waals surface area contributed by atoms with E-state index in [1.54, 1.807) is 4.90 Å². The number of benzene rings is 2. The van der Waals surface area contributed by atoms with Gasteiger partial charge in [0, 0.05) is 12.2 Å². The van der Waals surface area contributed by atoms with Gasteiger partial charge in [0.15, 0.2) is 6.61 Å². The summed E-state index contributed by atoms with van der Waals surface area (Å²) in [5.41, 5.74) is 4.07. The van der Waals surface area contributed by atoms with Crippen LogP contribution in [-0.4, -0.2) is 19.1 Å². The minimum Gasteiger partial charge on any atom is -0.483 e. The summed E-state index contributed by atoms with van der Waals surface area (Å²) in [5, 5.41) is 8.87. The Bertz CT molecular complexity index is 762. The van der Waals surface area contributed by atoms with Crippen LogP contribution in [0.4, 0.5) is 5.69 Å². The molecule has 0 fully saturated rings. The Labute approximate surface area is 143 Å². The molecule has 0 aliphatic rings. The SMILES string of the molecule is Cc1ccc(N(CCC#N)C(=O)COc2ccccc2C)cc1C. The Morgan fingerprint density at radius 3 is 2.50 bits per heavy atom. The maximum Gasteiger partial charge on any atom is 0.264 e. The summed E-state index contributed by atoms with van der Waals surface area (Å²) < 4.78 is 5.66. The molecule has 2 rings (SSSR count). The number of nitriles is 1. The first-order chi connectivity index (χ1) is 11.5. The van der Waals surface area contributed by atoms with Gasteiger partial charge < -0.3 is 9.64 Å². The van der Waals surface area contributed by atoms with Gasteiger partial charge in [0.25, 0.3) is 5.91 Å². The lowest BCUT2D eigenvalue weighted by molar-refractivity contribution is -0.120. The zero-order valence-corrected chi connectivity index (χ0v) is 14.4. The van der Waals surface area contributed by atoms with E-state index in [0.717, 1.165) is 16.8 Å². The Balaban J connectivity index is 2.14. The van der Waals surface area contributed by atoms with Crippen LogP contribution in [0, 0.1) is 32.1 Å². The molecule has 0 aliphatic heterocycles. The second-order valence-electron chi connectivity index (χ2n) is 5.78. The third-order valence-electron chi connectivity index (χ3n) is 4.00. The lowest BCUT2D eigenvalue weighted by atomic mass is 10.1. The van der Waals surface area contributed by atoms with Crippen LogP contribution < -0.4 is 9.64 Å². The molecule has 2 aromatic rings. The molecule has 0 aliphatic carbocycles. The zero-order chi connectivity index (χ0) is 17.5. The molecule has 1 amide bonds. The molecule has 0 aromatic heterocycles. The Kier molecular flexibility index (Phi) is 5.97. The molecule has 0 unspecified atom stereocenters. The largest absolute Gasteiger partial charge is 0.483 e. The van der Waals surface area contributed by atoms with Crippen molar-refractivity contribution in [2.24, 2.45) is 0 Å². The van der Waals surface area contributed by atoms with Crippen LogP contribution in [-0.2, 0) is 4.79 Å². The van der Waals surface area contributed by atoms with Gasteiger partial charge in [0.2, 0.25) is 0 Å². The highest BCUT2D eigenvalue weighted by Crippen LogP contribution is 2.21. The molecule has 0 radical (unpaired) electrons. The third kappa shape index (κ3) is 4.36. The fraction of sp³-hybridized carbons (Fsp3) is 0.300. The first kappa shape index (κ1) is 17.6. The van der Waals surface area contributed by atoms with Gasteiger partial charge in [-0.1, -0.05) is 24.3 Å². The molecule has 124 valence electrons. The van der Waals surface area contributed by atoms with E-state index in [4.69, 9.17) is 10.00 Å². The van der Waals surface area contributed by atoms with Crippen molar-refractivity contribution in [3.05, 3.63) is 59.2 Å². The number of amides is 1. The van der Waals surface area contributed by atoms with Crippen LogP contribution >= 0.6 is 0 Å². The van der Waals surface area contributed by atoms with Crippen molar-refractivity contribution in [2.45, 2.75) is 27.2 Å². The summed E-state index contributed by atoms with van der Waals surface area (Å²) >= 11 is 0. The molecule has 24 heavy (non-hydrogen) atoms. The summed E-state index contributed by atoms with van der Waals surface area (Å²) in [7, 11) is 0. The summed E-state index contributed by atoms with van der Waals surface area (Å²) in [6.45, 7) is 6.28. The molecule has 4 heteroatoms. The molecular formula is C20H22N2O2. The highest BCUT2D eigenvalue weighted by Gasteiger charge is 2.17. The first-order valence-corrected chi connectivity index (χ1v) is 7.96. The van der Waals surface area contributed by atoms with Gasteiger partial charge in [-0.2, -0.15) is 5.26 Å². The van der Waals surface area contributed by atoms with Gasteiger partial charge in [-0.25, -0.2) is 0 Å². The lowest BCUT2D eigenvalue weighted by Crippen LogP contribution is -2.35. The smallest absolute Gasteiger partial charge is 0.264 e. The van der Waals surface area contributed by atoms with E-state index in [1.807, 2.05) is 63.2 Å². The maximum atomic E-state index is 12.6. The summed E-state index contributed by atoms with van der Waals surface area (Å²) in [4.78, 5) is 14.2. The molecule has 0 saturated heterocycles. The molecule has 0 saturated carbocycles. The predicted molar refractivity (Wildman–Crippen MR) is 95.2 cm³/mol. The summed E-state index contributed by atoms with van der Waals surface area (Å²) in [6.07, 6.45) is 0.281. The van der Waals surface area contributed by atoms with Crippen molar-refractivity contribution < 1.29 is 9.53 Å². The minimum absolute atomic E-state index is 0.0524. The van der Waals surface area contributed by atoms with Gasteiger partial charge in [0.05, 0.1) is 12.5 Å². The molecule has 0 spiro atoms. The van der Waals surface area contributed by atoms with E-state index in [9.17, 15) is 4.79 Å². The first-order valence-electron chi connectivity index (χ1n) is 7.96. The lowest BCUT2D eigenvalue weighted by Gasteiger charge is -2.23. The summed E-state index contributed by atoms with van der Waals surface area (Å²) in [5.74, 6) is 0.544. The van der Waals surface area contributed by atoms with Crippen LogP contribution in [0.5, 0.6) is 5.75 Å². The van der Waals surface area contributed by atoms with Crippen molar-refractivity contribution in [2.75, 3.05) is 18.1 Å². The van der Waals surface area contributed by atoms with Gasteiger partial charge >= 0.3 is 0 Å². The third-order valence-corrected chi connectivity index (χ3v) is 4.00. The second kappa shape index (κ2) is 8.16.